The van der Waals surface area contributed by atoms with Gasteiger partial charge in [-0.05, 0) is 67.8 Å². The minimum absolute atomic E-state index is 0.522. The van der Waals surface area contributed by atoms with Crippen LogP contribution in [0.25, 0.3) is 22.0 Å². The molecule has 0 saturated carbocycles. The summed E-state index contributed by atoms with van der Waals surface area (Å²) in [7, 11) is 0. The van der Waals surface area contributed by atoms with Gasteiger partial charge in [0, 0.05) is 36.6 Å². The Morgan fingerprint density at radius 2 is 1.43 bits per heavy atom. The minimum atomic E-state index is 0.522. The molecule has 0 radical (unpaired) electrons. The predicted molar refractivity (Wildman–Crippen MR) is 161 cm³/mol. The minimum Gasteiger partial charge on any atom is -0.384 e. The summed E-state index contributed by atoms with van der Waals surface area (Å²) in [6.45, 7) is 17.1. The third-order valence-corrected chi connectivity index (χ3v) is 5.30. The van der Waals surface area contributed by atoms with Crippen molar-refractivity contribution < 1.29 is 0 Å². The first kappa shape index (κ1) is 31.5. The standard InChI is InChI=1S/C14H12N4.C10H16N2.C4H10.C3H8/c1-9-12-6-10(2-3-13(12)18-8-17-9)11-4-5-16-14(15)7-11;1-3-9-12(4-2)10-7-5-6-8-11-10;1-3-4-2;1-3-2/h2-8H,1H3,(H2,15,16);5-8H,3-4,9H2,1-2H3;3-4H2,1-2H3;3H2,1-2H3. The van der Waals surface area contributed by atoms with Crippen molar-refractivity contribution in [2.24, 2.45) is 0 Å². The number of anilines is 2. The number of unbranched alkanes of at least 4 members (excludes halogenated alkanes) is 1. The van der Waals surface area contributed by atoms with Crippen molar-refractivity contribution in [2.45, 2.75) is 74.1 Å². The Kier molecular flexibility index (Phi) is 15.9. The normalized spacial score (nSPS) is 9.70. The van der Waals surface area contributed by atoms with Crippen molar-refractivity contribution in [3.63, 3.8) is 0 Å². The second-order valence-electron chi connectivity index (χ2n) is 8.64. The van der Waals surface area contributed by atoms with Crippen LogP contribution in [0.1, 0.15) is 72.9 Å². The monoisotopic (exact) mass is 502 g/mol. The molecule has 3 aromatic heterocycles. The van der Waals surface area contributed by atoms with E-state index in [1.165, 1.54) is 25.7 Å². The summed E-state index contributed by atoms with van der Waals surface area (Å²) in [6, 6.07) is 15.9. The first-order valence-corrected chi connectivity index (χ1v) is 13.5. The molecule has 0 fully saturated rings. The molecular weight excluding hydrogens is 456 g/mol. The highest BCUT2D eigenvalue weighted by Crippen LogP contribution is 2.25. The van der Waals surface area contributed by atoms with Gasteiger partial charge in [0.25, 0.3) is 0 Å². The fraction of sp³-hybridized carbons (Fsp3) is 0.419. The summed E-state index contributed by atoms with van der Waals surface area (Å²) in [5, 5.41) is 1.06. The number of benzene rings is 1. The maximum absolute atomic E-state index is 5.70. The molecule has 6 nitrogen and oxygen atoms in total. The van der Waals surface area contributed by atoms with E-state index >= 15 is 0 Å². The maximum Gasteiger partial charge on any atom is 0.128 e. The molecule has 200 valence electrons. The first-order valence-electron chi connectivity index (χ1n) is 13.5. The fourth-order valence-electron chi connectivity index (χ4n) is 3.24. The molecule has 6 heteroatoms. The number of aryl methyl sites for hydroxylation is 1. The predicted octanol–water partition coefficient (Wildman–Crippen LogP) is 8.12. The quantitative estimate of drug-likeness (QED) is 0.287. The van der Waals surface area contributed by atoms with E-state index in [-0.39, 0.29) is 0 Å². The molecule has 4 aromatic rings. The number of hydrogen-bond donors (Lipinski definition) is 1. The lowest BCUT2D eigenvalue weighted by molar-refractivity contribution is 0.779. The van der Waals surface area contributed by atoms with Crippen LogP contribution in [-0.4, -0.2) is 33.0 Å². The molecule has 0 saturated heterocycles. The van der Waals surface area contributed by atoms with Crippen molar-refractivity contribution in [1.29, 1.82) is 0 Å². The Balaban J connectivity index is 0.000000311. The number of hydrogen-bond acceptors (Lipinski definition) is 6. The van der Waals surface area contributed by atoms with Gasteiger partial charge in [-0.15, -0.1) is 0 Å². The van der Waals surface area contributed by atoms with Crippen molar-refractivity contribution in [1.82, 2.24) is 19.9 Å². The van der Waals surface area contributed by atoms with Crippen molar-refractivity contribution >= 4 is 22.5 Å². The van der Waals surface area contributed by atoms with E-state index in [4.69, 9.17) is 5.73 Å². The van der Waals surface area contributed by atoms with Crippen LogP contribution in [0.15, 0.2) is 67.3 Å². The van der Waals surface area contributed by atoms with Gasteiger partial charge in [-0.1, -0.05) is 66.0 Å². The van der Waals surface area contributed by atoms with E-state index in [0.717, 1.165) is 46.6 Å². The van der Waals surface area contributed by atoms with Gasteiger partial charge in [0.2, 0.25) is 0 Å². The molecule has 0 spiro atoms. The van der Waals surface area contributed by atoms with Crippen LogP contribution in [0.2, 0.25) is 0 Å². The van der Waals surface area contributed by atoms with Gasteiger partial charge >= 0.3 is 0 Å². The number of nitrogens with zero attached hydrogens (tertiary/aromatic N) is 5. The zero-order valence-corrected chi connectivity index (χ0v) is 23.9. The van der Waals surface area contributed by atoms with Crippen LogP contribution in [0, 0.1) is 6.92 Å². The summed E-state index contributed by atoms with van der Waals surface area (Å²) in [5.74, 6) is 1.61. The lowest BCUT2D eigenvalue weighted by atomic mass is 10.0. The summed E-state index contributed by atoms with van der Waals surface area (Å²) in [6.07, 6.45) is 10.2. The van der Waals surface area contributed by atoms with E-state index in [9.17, 15) is 0 Å². The lowest BCUT2D eigenvalue weighted by Gasteiger charge is -2.20. The molecule has 0 bridgehead atoms. The van der Waals surface area contributed by atoms with Crippen LogP contribution in [-0.2, 0) is 0 Å². The molecule has 37 heavy (non-hydrogen) atoms. The van der Waals surface area contributed by atoms with Crippen molar-refractivity contribution in [3.05, 3.63) is 72.9 Å². The van der Waals surface area contributed by atoms with Gasteiger partial charge in [-0.3, -0.25) is 0 Å². The average molecular weight is 503 g/mol. The zero-order valence-electron chi connectivity index (χ0n) is 23.9. The average Bonchev–Trinajstić information content (AvgIpc) is 2.93. The summed E-state index contributed by atoms with van der Waals surface area (Å²) in [5.41, 5.74) is 9.77. The van der Waals surface area contributed by atoms with Crippen molar-refractivity contribution in [3.8, 4) is 11.1 Å². The fourth-order valence-corrected chi connectivity index (χ4v) is 3.24. The molecule has 3 heterocycles. The van der Waals surface area contributed by atoms with Crippen LogP contribution in [0.3, 0.4) is 0 Å². The highest BCUT2D eigenvalue weighted by Gasteiger charge is 2.04. The second-order valence-corrected chi connectivity index (χ2v) is 8.64. The molecule has 4 rings (SSSR count). The van der Waals surface area contributed by atoms with E-state index in [1.807, 2.05) is 49.5 Å². The Morgan fingerprint density at radius 1 is 0.730 bits per heavy atom. The largest absolute Gasteiger partial charge is 0.384 e. The van der Waals surface area contributed by atoms with Crippen LogP contribution in [0.4, 0.5) is 11.6 Å². The van der Waals surface area contributed by atoms with Gasteiger partial charge in [-0.25, -0.2) is 19.9 Å². The molecule has 0 aliphatic heterocycles. The SMILES string of the molecule is CCC.CCCC.CCCN(CC)c1ccccn1.Cc1ncnc2ccc(-c3ccnc(N)c3)cc12. The molecule has 2 N–H and O–H groups in total. The molecular formula is C31H46N6. The number of rotatable bonds is 6. The highest BCUT2D eigenvalue weighted by molar-refractivity contribution is 5.86. The Labute approximate surface area is 224 Å². The molecule has 0 amide bonds. The topological polar surface area (TPSA) is 80.8 Å². The van der Waals surface area contributed by atoms with Gasteiger partial charge in [0.1, 0.15) is 18.0 Å². The molecule has 0 unspecified atom stereocenters. The van der Waals surface area contributed by atoms with E-state index in [2.05, 4.69) is 78.5 Å². The number of nitrogen functional groups attached to an aromatic ring is 1. The molecule has 0 aliphatic rings. The van der Waals surface area contributed by atoms with Gasteiger partial charge < -0.3 is 10.6 Å². The number of pyridine rings is 2. The summed E-state index contributed by atoms with van der Waals surface area (Å²) < 4.78 is 0. The number of nitrogens with two attached hydrogens (primary N) is 1. The zero-order chi connectivity index (χ0) is 27.5. The molecule has 0 aliphatic carbocycles. The second kappa shape index (κ2) is 18.7. The van der Waals surface area contributed by atoms with Crippen molar-refractivity contribution in [2.75, 3.05) is 23.7 Å². The van der Waals surface area contributed by atoms with Gasteiger partial charge in [0.05, 0.1) is 5.52 Å². The Morgan fingerprint density at radius 3 is 2.00 bits per heavy atom. The molecule has 0 atom stereocenters. The van der Waals surface area contributed by atoms with E-state index < -0.39 is 0 Å². The van der Waals surface area contributed by atoms with E-state index in [0.29, 0.717) is 5.82 Å². The highest BCUT2D eigenvalue weighted by atomic mass is 15.2. The maximum atomic E-state index is 5.70. The number of aromatic nitrogens is 4. The van der Waals surface area contributed by atoms with Crippen LogP contribution < -0.4 is 10.6 Å². The first-order chi connectivity index (χ1) is 17.9. The smallest absolute Gasteiger partial charge is 0.128 e. The van der Waals surface area contributed by atoms with Gasteiger partial charge in [0.15, 0.2) is 0 Å². The van der Waals surface area contributed by atoms with Crippen LogP contribution >= 0.6 is 0 Å². The van der Waals surface area contributed by atoms with Crippen LogP contribution in [0.5, 0.6) is 0 Å². The van der Waals surface area contributed by atoms with Gasteiger partial charge in [-0.2, -0.15) is 0 Å². The third-order valence-electron chi connectivity index (χ3n) is 5.30. The number of fused-ring (bicyclic) bond motifs is 1. The summed E-state index contributed by atoms with van der Waals surface area (Å²) >= 11 is 0. The summed E-state index contributed by atoms with van der Waals surface area (Å²) in [4.78, 5) is 19.0. The van der Waals surface area contributed by atoms with E-state index in [1.54, 1.807) is 12.5 Å². The molecule has 1 aromatic carbocycles. The Bertz CT molecular complexity index is 1130. The lowest BCUT2D eigenvalue weighted by Crippen LogP contribution is -2.24. The Hall–Kier alpha value is -3.54. The third kappa shape index (κ3) is 11.4.